The maximum absolute atomic E-state index is 12.9. The largest absolute Gasteiger partial charge is 0.468 e. The fourth-order valence-electron chi connectivity index (χ4n) is 1.52. The third-order valence-corrected chi connectivity index (χ3v) is 4.80. The second-order valence-electron chi connectivity index (χ2n) is 4.44. The lowest BCUT2D eigenvalue weighted by Gasteiger charge is -2.08. The fraction of sp³-hybridized carbons (Fsp3) is 0.286. The average Bonchev–Trinajstić information content (AvgIpc) is 3.01. The van der Waals surface area contributed by atoms with Gasteiger partial charge in [-0.2, -0.15) is 0 Å². The molecule has 1 aromatic heterocycles. The van der Waals surface area contributed by atoms with Crippen LogP contribution >= 0.6 is 23.1 Å². The molecule has 1 amide bonds. The molecule has 0 saturated heterocycles. The predicted octanol–water partition coefficient (Wildman–Crippen LogP) is 2.58. The lowest BCUT2D eigenvalue weighted by molar-refractivity contribution is -0.137. The first-order valence-corrected chi connectivity index (χ1v) is 8.45. The van der Waals surface area contributed by atoms with Crippen LogP contribution < -0.4 is 5.32 Å². The van der Waals surface area contributed by atoms with Gasteiger partial charge in [0.1, 0.15) is 10.8 Å². The number of ether oxygens (including phenoxy) is 1. The van der Waals surface area contributed by atoms with Crippen LogP contribution in [0.3, 0.4) is 0 Å². The van der Waals surface area contributed by atoms with Gasteiger partial charge in [0.2, 0.25) is 11.0 Å². The first kappa shape index (κ1) is 17.4. The SMILES string of the molecule is COC(=O)CS[C@H](C)C(=O)Nc1nnc(-c2ccc(F)cc2)s1. The zero-order chi connectivity index (χ0) is 16.8. The number of amides is 1. The molecule has 1 aromatic carbocycles. The zero-order valence-corrected chi connectivity index (χ0v) is 14.0. The van der Waals surface area contributed by atoms with E-state index in [9.17, 15) is 14.0 Å². The standard InChI is InChI=1S/C14H14FN3O3S2/c1-8(22-7-11(19)21-2)12(20)16-14-18-17-13(23-14)9-3-5-10(15)6-4-9/h3-6,8H,7H2,1-2H3,(H,16,18,20)/t8-/m1/s1. The maximum Gasteiger partial charge on any atom is 0.315 e. The van der Waals surface area contributed by atoms with Crippen LogP contribution in [0.1, 0.15) is 6.92 Å². The molecular weight excluding hydrogens is 341 g/mol. The van der Waals surface area contributed by atoms with E-state index >= 15 is 0 Å². The van der Waals surface area contributed by atoms with E-state index in [4.69, 9.17) is 0 Å². The monoisotopic (exact) mass is 355 g/mol. The number of halogens is 1. The summed E-state index contributed by atoms with van der Waals surface area (Å²) in [5, 5.41) is 11.0. The highest BCUT2D eigenvalue weighted by molar-refractivity contribution is 8.01. The van der Waals surface area contributed by atoms with Crippen molar-refractivity contribution in [1.82, 2.24) is 10.2 Å². The summed E-state index contributed by atoms with van der Waals surface area (Å²) in [5.41, 5.74) is 0.720. The molecule has 23 heavy (non-hydrogen) atoms. The molecule has 0 unspecified atom stereocenters. The topological polar surface area (TPSA) is 81.2 Å². The van der Waals surface area contributed by atoms with Gasteiger partial charge in [-0.25, -0.2) is 4.39 Å². The molecule has 0 aliphatic heterocycles. The number of hydrogen-bond acceptors (Lipinski definition) is 7. The van der Waals surface area contributed by atoms with Crippen molar-refractivity contribution in [2.75, 3.05) is 18.2 Å². The fourth-order valence-corrected chi connectivity index (χ4v) is 2.98. The normalized spacial score (nSPS) is 11.8. The minimum Gasteiger partial charge on any atom is -0.468 e. The third kappa shape index (κ3) is 5.00. The van der Waals surface area contributed by atoms with Gasteiger partial charge in [-0.15, -0.1) is 22.0 Å². The summed E-state index contributed by atoms with van der Waals surface area (Å²) in [7, 11) is 1.30. The van der Waals surface area contributed by atoms with Crippen molar-refractivity contribution < 1.29 is 18.7 Å². The lowest BCUT2D eigenvalue weighted by Crippen LogP contribution is -2.23. The number of thioether (sulfide) groups is 1. The number of anilines is 1. The number of nitrogens with one attached hydrogen (secondary N) is 1. The van der Waals surface area contributed by atoms with Gasteiger partial charge >= 0.3 is 5.97 Å². The van der Waals surface area contributed by atoms with Gasteiger partial charge in [-0.05, 0) is 31.2 Å². The minimum absolute atomic E-state index is 0.0992. The van der Waals surface area contributed by atoms with Crippen LogP contribution in [-0.2, 0) is 14.3 Å². The first-order chi connectivity index (χ1) is 11.0. The molecule has 9 heteroatoms. The molecule has 1 atom stereocenters. The van der Waals surface area contributed by atoms with E-state index in [2.05, 4.69) is 20.3 Å². The number of rotatable bonds is 6. The van der Waals surface area contributed by atoms with Crippen molar-refractivity contribution in [2.45, 2.75) is 12.2 Å². The van der Waals surface area contributed by atoms with Crippen LogP contribution in [0, 0.1) is 5.82 Å². The van der Waals surface area contributed by atoms with Gasteiger partial charge < -0.3 is 4.74 Å². The number of hydrogen-bond donors (Lipinski definition) is 1. The lowest BCUT2D eigenvalue weighted by atomic mass is 10.2. The van der Waals surface area contributed by atoms with Crippen LogP contribution in [0.5, 0.6) is 0 Å². The Morgan fingerprint density at radius 2 is 2.04 bits per heavy atom. The van der Waals surface area contributed by atoms with Gasteiger partial charge in [0, 0.05) is 5.56 Å². The third-order valence-electron chi connectivity index (χ3n) is 2.79. The van der Waals surface area contributed by atoms with Crippen molar-refractivity contribution in [3.8, 4) is 10.6 Å². The molecule has 0 fully saturated rings. The Hall–Kier alpha value is -2.00. The summed E-state index contributed by atoms with van der Waals surface area (Å²) >= 11 is 2.36. The van der Waals surface area contributed by atoms with Crippen LogP contribution in [0.25, 0.3) is 10.6 Å². The summed E-state index contributed by atoms with van der Waals surface area (Å²) in [4.78, 5) is 23.1. The Kier molecular flexibility index (Phi) is 6.05. The van der Waals surface area contributed by atoms with Crippen molar-refractivity contribution in [3.63, 3.8) is 0 Å². The van der Waals surface area contributed by atoms with Crippen molar-refractivity contribution in [3.05, 3.63) is 30.1 Å². The average molecular weight is 355 g/mol. The number of methoxy groups -OCH3 is 1. The molecule has 122 valence electrons. The number of aromatic nitrogens is 2. The van der Waals surface area contributed by atoms with E-state index in [1.54, 1.807) is 19.1 Å². The maximum atomic E-state index is 12.9. The molecule has 0 spiro atoms. The van der Waals surface area contributed by atoms with Crippen LogP contribution in [0.2, 0.25) is 0 Å². The number of benzene rings is 1. The zero-order valence-electron chi connectivity index (χ0n) is 12.4. The molecule has 2 rings (SSSR count). The number of carbonyl (C=O) groups excluding carboxylic acids is 2. The molecule has 0 aliphatic carbocycles. The van der Waals surface area contributed by atoms with E-state index in [1.807, 2.05) is 0 Å². The molecule has 0 aliphatic rings. The Morgan fingerprint density at radius 3 is 2.70 bits per heavy atom. The van der Waals surface area contributed by atoms with Crippen molar-refractivity contribution >= 4 is 40.1 Å². The Bertz CT molecular complexity index is 691. The van der Waals surface area contributed by atoms with E-state index in [-0.39, 0.29) is 23.4 Å². The summed E-state index contributed by atoms with van der Waals surface area (Å²) in [5.74, 6) is -0.893. The van der Waals surface area contributed by atoms with Crippen molar-refractivity contribution in [1.29, 1.82) is 0 Å². The Labute approximate surface area is 140 Å². The predicted molar refractivity (Wildman–Crippen MR) is 87.9 cm³/mol. The number of carbonyl (C=O) groups is 2. The van der Waals surface area contributed by atoms with E-state index in [1.165, 1.54) is 42.3 Å². The molecule has 2 aromatic rings. The van der Waals surface area contributed by atoms with E-state index < -0.39 is 5.25 Å². The Balaban J connectivity index is 1.94. The highest BCUT2D eigenvalue weighted by atomic mass is 32.2. The van der Waals surface area contributed by atoms with Crippen molar-refractivity contribution in [2.24, 2.45) is 0 Å². The summed E-state index contributed by atoms with van der Waals surface area (Å²) in [6.07, 6.45) is 0. The van der Waals surface area contributed by atoms with Crippen LogP contribution in [0.15, 0.2) is 24.3 Å². The number of nitrogens with zero attached hydrogens (tertiary/aromatic N) is 2. The molecule has 1 N–H and O–H groups in total. The Morgan fingerprint density at radius 1 is 1.35 bits per heavy atom. The molecule has 6 nitrogen and oxygen atoms in total. The van der Waals surface area contributed by atoms with Crippen LogP contribution in [-0.4, -0.2) is 40.2 Å². The highest BCUT2D eigenvalue weighted by Crippen LogP contribution is 2.26. The van der Waals surface area contributed by atoms with Crippen LogP contribution in [0.4, 0.5) is 9.52 Å². The second-order valence-corrected chi connectivity index (χ2v) is 6.74. The summed E-state index contributed by atoms with van der Waals surface area (Å²) in [6, 6.07) is 5.85. The molecule has 1 heterocycles. The molecule has 0 saturated carbocycles. The van der Waals surface area contributed by atoms with Gasteiger partial charge in [-0.1, -0.05) is 11.3 Å². The molecule has 0 bridgehead atoms. The van der Waals surface area contributed by atoms with Gasteiger partial charge in [0.25, 0.3) is 0 Å². The van der Waals surface area contributed by atoms with Gasteiger partial charge in [-0.3, -0.25) is 14.9 Å². The summed E-state index contributed by atoms with van der Waals surface area (Å²) in [6.45, 7) is 1.69. The second kappa shape index (κ2) is 8.02. The summed E-state index contributed by atoms with van der Waals surface area (Å²) < 4.78 is 17.4. The first-order valence-electron chi connectivity index (χ1n) is 6.58. The van der Waals surface area contributed by atoms with Gasteiger partial charge in [0.05, 0.1) is 18.1 Å². The minimum atomic E-state index is -0.438. The van der Waals surface area contributed by atoms with Gasteiger partial charge in [0.15, 0.2) is 0 Å². The smallest absolute Gasteiger partial charge is 0.315 e. The quantitative estimate of drug-likeness (QED) is 0.802. The van der Waals surface area contributed by atoms with E-state index in [0.717, 1.165) is 5.56 Å². The highest BCUT2D eigenvalue weighted by Gasteiger charge is 2.17. The molecular formula is C14H14FN3O3S2. The van der Waals surface area contributed by atoms with E-state index in [0.29, 0.717) is 10.1 Å². The number of esters is 1. The molecule has 0 radical (unpaired) electrons.